The number of rotatable bonds is 6. The number of amidine groups is 1. The van der Waals surface area contributed by atoms with Crippen molar-refractivity contribution in [2.45, 2.75) is 6.92 Å². The summed E-state index contributed by atoms with van der Waals surface area (Å²) in [7, 11) is 2.86. The van der Waals surface area contributed by atoms with E-state index >= 15 is 0 Å². The number of aromatic carboxylic acids is 1. The third-order valence-corrected chi connectivity index (χ3v) is 5.35. The van der Waals surface area contributed by atoms with E-state index in [0.29, 0.717) is 27.9 Å². The summed E-state index contributed by atoms with van der Waals surface area (Å²) in [6, 6.07) is 9.32. The number of carbonyl (C=O) groups excluding carboxylic acids is 1. The van der Waals surface area contributed by atoms with Crippen LogP contribution < -0.4 is 9.47 Å². The first-order valence-electron chi connectivity index (χ1n) is 8.96. The molecule has 0 saturated carbocycles. The molecule has 0 radical (unpaired) electrons. The van der Waals surface area contributed by atoms with E-state index < -0.39 is 5.97 Å². The van der Waals surface area contributed by atoms with Gasteiger partial charge >= 0.3 is 5.97 Å². The van der Waals surface area contributed by atoms with E-state index in [2.05, 4.69) is 4.99 Å². The number of nitrogens with zero attached hydrogens (tertiary/aromatic N) is 2. The minimum Gasteiger partial charge on any atom is -0.502 e. The molecule has 1 amide bonds. The number of ether oxygens (including phenoxy) is 2. The lowest BCUT2D eigenvalue weighted by Gasteiger charge is -2.12. The van der Waals surface area contributed by atoms with Crippen molar-refractivity contribution >= 4 is 40.6 Å². The average Bonchev–Trinajstić information content (AvgIpc) is 3.03. The summed E-state index contributed by atoms with van der Waals surface area (Å²) in [4.78, 5) is 30.3. The molecule has 0 aliphatic carbocycles. The first kappa shape index (κ1) is 21.3. The number of aliphatic imine (C=N–C) groups is 1. The molecule has 30 heavy (non-hydrogen) atoms. The molecule has 2 N–H and O–H groups in total. The summed E-state index contributed by atoms with van der Waals surface area (Å²) in [5.74, 6) is -0.864. The fraction of sp³-hybridized carbons (Fsp3) is 0.190. The normalized spacial score (nSPS) is 16.4. The molecule has 2 aromatic rings. The van der Waals surface area contributed by atoms with E-state index in [-0.39, 0.29) is 28.7 Å². The van der Waals surface area contributed by atoms with E-state index in [0.717, 1.165) is 0 Å². The number of carbonyl (C=O) groups is 2. The zero-order valence-corrected chi connectivity index (χ0v) is 17.4. The number of thioether (sulfide) groups is 1. The van der Waals surface area contributed by atoms with E-state index in [1.54, 1.807) is 30.3 Å². The zero-order chi connectivity index (χ0) is 21.8. The van der Waals surface area contributed by atoms with Gasteiger partial charge in [0.05, 0.1) is 30.4 Å². The maximum absolute atomic E-state index is 12.8. The van der Waals surface area contributed by atoms with E-state index in [1.807, 2.05) is 6.92 Å². The quantitative estimate of drug-likeness (QED) is 0.675. The van der Waals surface area contributed by atoms with Gasteiger partial charge in [0.2, 0.25) is 5.75 Å². The van der Waals surface area contributed by atoms with E-state index in [1.165, 1.54) is 43.0 Å². The second kappa shape index (κ2) is 8.91. The number of hydrogen-bond acceptors (Lipinski definition) is 7. The SMILES string of the molecule is CCN1C(=O)/C(=C/c2cc(OC)c(O)c(OC)c2)SC1=Nc1ccc(C(=O)O)cc1. The summed E-state index contributed by atoms with van der Waals surface area (Å²) in [6.07, 6.45) is 1.68. The van der Waals surface area contributed by atoms with Crippen LogP contribution in [0.5, 0.6) is 17.2 Å². The molecule has 1 aliphatic rings. The Morgan fingerprint density at radius 1 is 1.17 bits per heavy atom. The molecule has 0 bridgehead atoms. The summed E-state index contributed by atoms with van der Waals surface area (Å²) in [5.41, 5.74) is 1.33. The molecule has 0 aromatic heterocycles. The number of aromatic hydroxyl groups is 1. The van der Waals surface area contributed by atoms with Crippen molar-refractivity contribution in [3.8, 4) is 17.2 Å². The smallest absolute Gasteiger partial charge is 0.335 e. The summed E-state index contributed by atoms with van der Waals surface area (Å²) >= 11 is 1.21. The number of phenols is 1. The lowest BCUT2D eigenvalue weighted by Crippen LogP contribution is -2.28. The molecule has 3 rings (SSSR count). The Balaban J connectivity index is 1.95. The van der Waals surface area contributed by atoms with Gasteiger partial charge < -0.3 is 19.7 Å². The molecule has 1 saturated heterocycles. The second-order valence-electron chi connectivity index (χ2n) is 6.18. The minimum atomic E-state index is -1.01. The first-order valence-corrected chi connectivity index (χ1v) is 9.78. The van der Waals surface area contributed by atoms with Crippen LogP contribution in [0.1, 0.15) is 22.8 Å². The maximum atomic E-state index is 12.8. The predicted molar refractivity (Wildman–Crippen MR) is 115 cm³/mol. The number of methoxy groups -OCH3 is 2. The first-order chi connectivity index (χ1) is 14.4. The second-order valence-corrected chi connectivity index (χ2v) is 7.19. The number of phenolic OH excluding ortho intramolecular Hbond substituents is 1. The summed E-state index contributed by atoms with van der Waals surface area (Å²) in [6.45, 7) is 2.27. The van der Waals surface area contributed by atoms with Crippen LogP contribution in [0.15, 0.2) is 46.3 Å². The van der Waals surface area contributed by atoms with Gasteiger partial charge in [-0.15, -0.1) is 0 Å². The van der Waals surface area contributed by atoms with Crippen LogP contribution in [-0.2, 0) is 4.79 Å². The highest BCUT2D eigenvalue weighted by Crippen LogP contribution is 2.39. The number of hydrogen-bond donors (Lipinski definition) is 2. The van der Waals surface area contributed by atoms with Crippen molar-refractivity contribution < 1.29 is 29.3 Å². The lowest BCUT2D eigenvalue weighted by molar-refractivity contribution is -0.122. The highest BCUT2D eigenvalue weighted by atomic mass is 32.2. The molecule has 9 heteroatoms. The third-order valence-electron chi connectivity index (χ3n) is 4.34. The van der Waals surface area contributed by atoms with Crippen LogP contribution in [0.2, 0.25) is 0 Å². The number of carboxylic acids is 1. The maximum Gasteiger partial charge on any atom is 0.335 e. The molecule has 156 valence electrons. The van der Waals surface area contributed by atoms with Crippen LogP contribution >= 0.6 is 11.8 Å². The van der Waals surface area contributed by atoms with Gasteiger partial charge in [0.15, 0.2) is 16.7 Å². The molecule has 0 spiro atoms. The van der Waals surface area contributed by atoms with Crippen molar-refractivity contribution in [3.05, 3.63) is 52.4 Å². The average molecular weight is 428 g/mol. The molecule has 1 aliphatic heterocycles. The molecule has 1 heterocycles. The molecule has 2 aromatic carbocycles. The Morgan fingerprint density at radius 2 is 1.77 bits per heavy atom. The van der Waals surface area contributed by atoms with Crippen LogP contribution in [0, 0.1) is 0 Å². The highest BCUT2D eigenvalue weighted by molar-refractivity contribution is 8.18. The molecule has 1 fully saturated rings. The van der Waals surface area contributed by atoms with Crippen LogP contribution in [0.4, 0.5) is 5.69 Å². The molecular weight excluding hydrogens is 408 g/mol. The number of likely N-dealkylation sites (N-methyl/N-ethyl adjacent to an activating group) is 1. The van der Waals surface area contributed by atoms with Gasteiger partial charge in [-0.2, -0.15) is 0 Å². The van der Waals surface area contributed by atoms with Crippen LogP contribution in [0.3, 0.4) is 0 Å². The van der Waals surface area contributed by atoms with Gasteiger partial charge in [0.1, 0.15) is 0 Å². The number of benzene rings is 2. The van der Waals surface area contributed by atoms with Gasteiger partial charge in [-0.3, -0.25) is 9.69 Å². The standard InChI is InChI=1S/C21H20N2O6S/c1-4-23-19(25)17(11-12-9-15(28-2)18(24)16(10-12)29-3)30-21(23)22-14-7-5-13(6-8-14)20(26)27/h5-11,24H,4H2,1-3H3,(H,26,27)/b17-11-,22-21?. The van der Waals surface area contributed by atoms with Gasteiger partial charge in [-0.05, 0) is 66.7 Å². The monoisotopic (exact) mass is 428 g/mol. The highest BCUT2D eigenvalue weighted by Gasteiger charge is 2.32. The molecule has 0 unspecified atom stereocenters. The Labute approximate surface area is 177 Å². The summed E-state index contributed by atoms with van der Waals surface area (Å²) in [5, 5.41) is 19.6. The van der Waals surface area contributed by atoms with E-state index in [4.69, 9.17) is 14.6 Å². The van der Waals surface area contributed by atoms with Crippen molar-refractivity contribution in [1.82, 2.24) is 4.90 Å². The van der Waals surface area contributed by atoms with Crippen molar-refractivity contribution in [2.24, 2.45) is 4.99 Å². The third kappa shape index (κ3) is 4.25. The van der Waals surface area contributed by atoms with Crippen LogP contribution in [0.25, 0.3) is 6.08 Å². The molecule has 0 atom stereocenters. The molecule has 8 nitrogen and oxygen atoms in total. The Morgan fingerprint density at radius 3 is 2.27 bits per heavy atom. The van der Waals surface area contributed by atoms with Crippen molar-refractivity contribution in [3.63, 3.8) is 0 Å². The van der Waals surface area contributed by atoms with Gasteiger partial charge in [0, 0.05) is 6.54 Å². The number of amides is 1. The fourth-order valence-electron chi connectivity index (χ4n) is 2.81. The Kier molecular flexibility index (Phi) is 6.31. The zero-order valence-electron chi connectivity index (χ0n) is 16.6. The van der Waals surface area contributed by atoms with Crippen LogP contribution in [-0.4, -0.2) is 52.9 Å². The van der Waals surface area contributed by atoms with Crippen molar-refractivity contribution in [1.29, 1.82) is 0 Å². The summed E-state index contributed by atoms with van der Waals surface area (Å²) < 4.78 is 10.3. The number of carboxylic acid groups (broad SMARTS) is 1. The van der Waals surface area contributed by atoms with Gasteiger partial charge in [-0.25, -0.2) is 9.79 Å². The van der Waals surface area contributed by atoms with Crippen molar-refractivity contribution in [2.75, 3.05) is 20.8 Å². The predicted octanol–water partition coefficient (Wildman–Crippen LogP) is 3.73. The van der Waals surface area contributed by atoms with Gasteiger partial charge in [0.25, 0.3) is 5.91 Å². The molecular formula is C21H20N2O6S. The Hall–Kier alpha value is -3.46. The minimum absolute atomic E-state index is 0.116. The topological polar surface area (TPSA) is 109 Å². The van der Waals surface area contributed by atoms with Gasteiger partial charge in [-0.1, -0.05) is 0 Å². The fourth-order valence-corrected chi connectivity index (χ4v) is 3.87. The lowest BCUT2D eigenvalue weighted by atomic mass is 10.1. The largest absolute Gasteiger partial charge is 0.502 e. The Bertz CT molecular complexity index is 1020. The van der Waals surface area contributed by atoms with E-state index in [9.17, 15) is 14.7 Å².